The van der Waals surface area contributed by atoms with Gasteiger partial charge in [0.25, 0.3) is 0 Å². The number of hydrogen-bond acceptors (Lipinski definition) is 4. The minimum absolute atomic E-state index is 0.149. The number of aryl methyl sites for hydroxylation is 1. The summed E-state index contributed by atoms with van der Waals surface area (Å²) < 4.78 is 8.25. The Hall–Kier alpha value is -2.66. The molecule has 1 atom stereocenters. The smallest absolute Gasteiger partial charge is 0.0946 e. The van der Waals surface area contributed by atoms with Crippen molar-refractivity contribution < 1.29 is 4.74 Å². The average Bonchev–Trinajstić information content (AvgIpc) is 3.15. The van der Waals surface area contributed by atoms with Gasteiger partial charge in [-0.3, -0.25) is 4.98 Å². The van der Waals surface area contributed by atoms with E-state index in [1.807, 2.05) is 37.1 Å². The van der Waals surface area contributed by atoms with Gasteiger partial charge in [-0.2, -0.15) is 0 Å². The highest BCUT2D eigenvalue weighted by molar-refractivity contribution is 5.39. The fraction of sp³-hybridized carbons (Fsp3) is 0.300. The Morgan fingerprint density at radius 1 is 0.920 bits per heavy atom. The Labute approximate surface area is 148 Å². The predicted molar refractivity (Wildman–Crippen MR) is 99.1 cm³/mol. The first-order chi connectivity index (χ1) is 12.3. The normalized spacial score (nSPS) is 12.2. The Balaban J connectivity index is 1.53. The molecule has 25 heavy (non-hydrogen) atoms. The molecule has 0 aliphatic rings. The minimum Gasteiger partial charge on any atom is -0.399 e. The van der Waals surface area contributed by atoms with Crippen molar-refractivity contribution in [1.82, 2.24) is 14.5 Å². The number of nitrogen functional groups attached to an aromatic ring is 1. The maximum Gasteiger partial charge on any atom is 0.0946 e. The van der Waals surface area contributed by atoms with Crippen molar-refractivity contribution in [2.45, 2.75) is 31.9 Å². The van der Waals surface area contributed by atoms with Crippen molar-refractivity contribution >= 4 is 5.69 Å². The average molecular weight is 336 g/mol. The molecule has 1 unspecified atom stereocenters. The molecule has 0 radical (unpaired) electrons. The molecule has 1 aromatic carbocycles. The summed E-state index contributed by atoms with van der Waals surface area (Å²) in [5.74, 6) is 0. The van der Waals surface area contributed by atoms with Crippen molar-refractivity contribution in [2.75, 3.05) is 12.3 Å². The quantitative estimate of drug-likeness (QED) is 0.610. The third-order valence-corrected chi connectivity index (χ3v) is 4.20. The van der Waals surface area contributed by atoms with Gasteiger partial charge in [-0.15, -0.1) is 0 Å². The number of hydrogen-bond donors (Lipinski definition) is 1. The first kappa shape index (κ1) is 17.2. The molecule has 2 heterocycles. The van der Waals surface area contributed by atoms with E-state index in [1.165, 1.54) is 11.1 Å². The lowest BCUT2D eigenvalue weighted by atomic mass is 10.1. The highest BCUT2D eigenvalue weighted by Crippen LogP contribution is 2.11. The molecule has 0 spiro atoms. The second kappa shape index (κ2) is 8.99. The number of anilines is 1. The predicted octanol–water partition coefficient (Wildman–Crippen LogP) is 3.12. The molecule has 130 valence electrons. The lowest BCUT2D eigenvalue weighted by Crippen LogP contribution is -2.21. The van der Waals surface area contributed by atoms with Crippen molar-refractivity contribution in [1.29, 1.82) is 0 Å². The van der Waals surface area contributed by atoms with Gasteiger partial charge in [-0.25, -0.2) is 4.98 Å². The Morgan fingerprint density at radius 3 is 2.40 bits per heavy atom. The van der Waals surface area contributed by atoms with Crippen LogP contribution in [0.25, 0.3) is 0 Å². The van der Waals surface area contributed by atoms with Crippen LogP contribution in [0.4, 0.5) is 5.69 Å². The number of imidazole rings is 1. The van der Waals surface area contributed by atoms with E-state index in [0.29, 0.717) is 6.61 Å². The molecule has 3 rings (SSSR count). The van der Waals surface area contributed by atoms with Gasteiger partial charge in [-0.05, 0) is 54.7 Å². The number of ether oxygens (including phenoxy) is 1. The first-order valence-corrected chi connectivity index (χ1v) is 8.60. The van der Waals surface area contributed by atoms with Crippen LogP contribution in [0.5, 0.6) is 0 Å². The van der Waals surface area contributed by atoms with E-state index in [1.54, 1.807) is 6.20 Å². The zero-order valence-electron chi connectivity index (χ0n) is 14.3. The molecule has 2 N–H and O–H groups in total. The van der Waals surface area contributed by atoms with E-state index >= 15 is 0 Å². The van der Waals surface area contributed by atoms with E-state index in [9.17, 15) is 0 Å². The number of benzene rings is 1. The fourth-order valence-corrected chi connectivity index (χ4v) is 2.76. The third-order valence-electron chi connectivity index (χ3n) is 4.20. The Bertz CT molecular complexity index is 726. The highest BCUT2D eigenvalue weighted by Gasteiger charge is 2.11. The van der Waals surface area contributed by atoms with Gasteiger partial charge in [0.1, 0.15) is 0 Å². The molecule has 0 saturated carbocycles. The molecular weight excluding hydrogens is 312 g/mol. The summed E-state index contributed by atoms with van der Waals surface area (Å²) in [4.78, 5) is 8.19. The van der Waals surface area contributed by atoms with E-state index in [2.05, 4.69) is 38.8 Å². The summed E-state index contributed by atoms with van der Waals surface area (Å²) >= 11 is 0. The summed E-state index contributed by atoms with van der Waals surface area (Å²) in [6.45, 7) is 1.51. The van der Waals surface area contributed by atoms with Crippen LogP contribution in [0, 0.1) is 0 Å². The number of aromatic nitrogens is 3. The van der Waals surface area contributed by atoms with Crippen LogP contribution in [-0.4, -0.2) is 27.2 Å². The lowest BCUT2D eigenvalue weighted by Gasteiger charge is -2.19. The van der Waals surface area contributed by atoms with Crippen LogP contribution in [-0.2, 0) is 24.1 Å². The van der Waals surface area contributed by atoms with Crippen molar-refractivity contribution in [3.05, 3.63) is 78.6 Å². The molecule has 0 bridgehead atoms. The van der Waals surface area contributed by atoms with Gasteiger partial charge >= 0.3 is 0 Å². The summed E-state index contributed by atoms with van der Waals surface area (Å²) in [5, 5.41) is 0. The summed E-state index contributed by atoms with van der Waals surface area (Å²) in [6.07, 6.45) is 12.3. The Morgan fingerprint density at radius 2 is 1.68 bits per heavy atom. The monoisotopic (exact) mass is 336 g/mol. The van der Waals surface area contributed by atoms with E-state index in [0.717, 1.165) is 31.5 Å². The second-order valence-corrected chi connectivity index (χ2v) is 6.14. The van der Waals surface area contributed by atoms with Gasteiger partial charge in [0, 0.05) is 37.0 Å². The molecule has 2 aromatic heterocycles. The van der Waals surface area contributed by atoms with E-state index < -0.39 is 0 Å². The van der Waals surface area contributed by atoms with Crippen LogP contribution in [0.1, 0.15) is 17.5 Å². The fourth-order valence-electron chi connectivity index (χ4n) is 2.76. The molecular formula is C20H24N4O. The molecule has 0 fully saturated rings. The number of nitrogens with two attached hydrogens (primary N) is 1. The Kier molecular flexibility index (Phi) is 6.17. The maximum absolute atomic E-state index is 6.18. The number of pyridine rings is 1. The zero-order chi connectivity index (χ0) is 17.3. The second-order valence-electron chi connectivity index (χ2n) is 6.14. The van der Waals surface area contributed by atoms with Gasteiger partial charge in [0.2, 0.25) is 0 Å². The van der Waals surface area contributed by atoms with Crippen LogP contribution >= 0.6 is 0 Å². The summed E-state index contributed by atoms with van der Waals surface area (Å²) in [7, 11) is 0. The van der Waals surface area contributed by atoms with Gasteiger partial charge in [-0.1, -0.05) is 12.1 Å². The van der Waals surface area contributed by atoms with E-state index in [-0.39, 0.29) is 6.10 Å². The molecule has 0 aliphatic carbocycles. The summed E-state index contributed by atoms with van der Waals surface area (Å²) in [5.41, 5.74) is 9.05. The number of rotatable bonds is 9. The largest absolute Gasteiger partial charge is 0.399 e. The maximum atomic E-state index is 6.18. The SMILES string of the molecule is Nc1ccc(CCOC(CCc2ccncc2)Cn2ccnc2)cc1. The summed E-state index contributed by atoms with van der Waals surface area (Å²) in [6, 6.07) is 12.1. The molecule has 0 saturated heterocycles. The van der Waals surface area contributed by atoms with Gasteiger partial charge in [0.05, 0.1) is 19.0 Å². The molecule has 5 nitrogen and oxygen atoms in total. The highest BCUT2D eigenvalue weighted by atomic mass is 16.5. The van der Waals surface area contributed by atoms with E-state index in [4.69, 9.17) is 10.5 Å². The minimum atomic E-state index is 0.149. The number of nitrogens with zero attached hydrogens (tertiary/aromatic N) is 3. The van der Waals surface area contributed by atoms with Crippen LogP contribution in [0.2, 0.25) is 0 Å². The molecule has 5 heteroatoms. The van der Waals surface area contributed by atoms with Gasteiger partial charge < -0.3 is 15.0 Å². The van der Waals surface area contributed by atoms with Crippen molar-refractivity contribution in [2.24, 2.45) is 0 Å². The zero-order valence-corrected chi connectivity index (χ0v) is 14.3. The topological polar surface area (TPSA) is 66.0 Å². The molecule has 3 aromatic rings. The van der Waals surface area contributed by atoms with Crippen LogP contribution < -0.4 is 5.73 Å². The first-order valence-electron chi connectivity index (χ1n) is 8.60. The van der Waals surface area contributed by atoms with Crippen LogP contribution in [0.3, 0.4) is 0 Å². The lowest BCUT2D eigenvalue weighted by molar-refractivity contribution is 0.0379. The molecule has 0 aliphatic heterocycles. The van der Waals surface area contributed by atoms with Crippen molar-refractivity contribution in [3.8, 4) is 0 Å². The van der Waals surface area contributed by atoms with Crippen LogP contribution in [0.15, 0.2) is 67.5 Å². The standard InChI is InChI=1S/C20H24N4O/c21-19-4-1-17(2-5-19)9-14-25-20(15-24-13-12-23-16-24)6-3-18-7-10-22-11-8-18/h1-2,4-5,7-8,10-13,16,20H,3,6,9,14-15,21H2. The third kappa shape index (κ3) is 5.72. The molecule has 0 amide bonds. The van der Waals surface area contributed by atoms with Crippen molar-refractivity contribution in [3.63, 3.8) is 0 Å². The van der Waals surface area contributed by atoms with Gasteiger partial charge in [0.15, 0.2) is 0 Å².